The van der Waals surface area contributed by atoms with Crippen molar-refractivity contribution in [2.45, 2.75) is 12.2 Å². The van der Waals surface area contributed by atoms with Crippen molar-refractivity contribution in [3.63, 3.8) is 0 Å². The molecule has 0 bridgehead atoms. The zero-order valence-corrected chi connectivity index (χ0v) is 19.8. The Balaban J connectivity index is 1.86. The first kappa shape index (κ1) is 22.9. The van der Waals surface area contributed by atoms with Crippen LogP contribution < -0.4 is 10.6 Å². The van der Waals surface area contributed by atoms with Gasteiger partial charge in [-0.15, -0.1) is 11.8 Å². The number of hydrogen-bond donors (Lipinski definition) is 1. The number of carbonyl (C=O) groups is 2. The number of hydrogen-bond acceptors (Lipinski definition) is 4. The predicted molar refractivity (Wildman–Crippen MR) is 136 cm³/mol. The second-order valence-electron chi connectivity index (χ2n) is 8.39. The van der Waals surface area contributed by atoms with Crippen LogP contribution in [0, 0.1) is 12.7 Å². The van der Waals surface area contributed by atoms with Crippen LogP contribution in [0.25, 0.3) is 16.9 Å². The number of carbonyl (C=O) groups excluding carboxylic acids is 2. The molecule has 8 heteroatoms. The number of amides is 2. The Morgan fingerprint density at radius 3 is 2.57 bits per heavy atom. The Labute approximate surface area is 206 Å². The third-order valence-corrected chi connectivity index (χ3v) is 7.10. The second-order valence-corrected chi connectivity index (χ2v) is 9.49. The maximum absolute atomic E-state index is 14.3. The highest BCUT2D eigenvalue weighted by Crippen LogP contribution is 2.48. The molecule has 5 rings (SSSR count). The van der Waals surface area contributed by atoms with E-state index in [2.05, 4.69) is 0 Å². The molecule has 4 aromatic rings. The van der Waals surface area contributed by atoms with Gasteiger partial charge in [-0.1, -0.05) is 54.6 Å². The monoisotopic (exact) mass is 486 g/mol. The van der Waals surface area contributed by atoms with Gasteiger partial charge in [0.1, 0.15) is 18.2 Å². The van der Waals surface area contributed by atoms with Crippen LogP contribution in [0.15, 0.2) is 78.9 Å². The standard InChI is InChI=1S/C27H23FN4O2S/c1-17-7-5-12-21(13-17)32-27-24(25(30-32)18-8-3-2-4-9-18)26(19-10-6-11-20(28)14-19)35-16-23(34)31(27)15-22(29)33/h2-14,26H,15-16H2,1H3,(H2,29,33). The molecule has 3 aromatic carbocycles. The lowest BCUT2D eigenvalue weighted by Crippen LogP contribution is -2.40. The number of nitrogens with zero attached hydrogens (tertiary/aromatic N) is 3. The van der Waals surface area contributed by atoms with Crippen molar-refractivity contribution in [2.24, 2.45) is 5.73 Å². The summed E-state index contributed by atoms with van der Waals surface area (Å²) in [6.07, 6.45) is 0. The first-order valence-corrected chi connectivity index (χ1v) is 12.2. The first-order chi connectivity index (χ1) is 16.9. The van der Waals surface area contributed by atoms with Crippen LogP contribution in [0.1, 0.15) is 21.9 Å². The Morgan fingerprint density at radius 1 is 1.09 bits per heavy atom. The quantitative estimate of drug-likeness (QED) is 0.446. The molecule has 35 heavy (non-hydrogen) atoms. The topological polar surface area (TPSA) is 81.2 Å². The van der Waals surface area contributed by atoms with Crippen LogP contribution in [0.2, 0.25) is 0 Å². The van der Waals surface area contributed by atoms with Crippen molar-refractivity contribution < 1.29 is 14.0 Å². The first-order valence-electron chi connectivity index (χ1n) is 11.1. The zero-order chi connectivity index (χ0) is 24.5. The van der Waals surface area contributed by atoms with Gasteiger partial charge in [-0.25, -0.2) is 9.07 Å². The van der Waals surface area contributed by atoms with Gasteiger partial charge in [0.25, 0.3) is 0 Å². The molecule has 0 radical (unpaired) electrons. The number of nitrogens with two attached hydrogens (primary N) is 1. The largest absolute Gasteiger partial charge is 0.368 e. The summed E-state index contributed by atoms with van der Waals surface area (Å²) in [6.45, 7) is 1.69. The lowest BCUT2D eigenvalue weighted by Gasteiger charge is -2.22. The zero-order valence-electron chi connectivity index (χ0n) is 19.0. The summed E-state index contributed by atoms with van der Waals surface area (Å²) in [4.78, 5) is 26.8. The van der Waals surface area contributed by atoms with Gasteiger partial charge in [0.2, 0.25) is 11.8 Å². The van der Waals surface area contributed by atoms with E-state index in [-0.39, 0.29) is 24.0 Å². The molecule has 0 saturated heterocycles. The van der Waals surface area contributed by atoms with E-state index in [1.165, 1.54) is 28.8 Å². The fourth-order valence-corrected chi connectivity index (χ4v) is 5.54. The minimum Gasteiger partial charge on any atom is -0.368 e. The van der Waals surface area contributed by atoms with E-state index in [4.69, 9.17) is 10.8 Å². The predicted octanol–water partition coefficient (Wildman–Crippen LogP) is 4.64. The van der Waals surface area contributed by atoms with E-state index in [0.717, 1.165) is 22.4 Å². The summed E-state index contributed by atoms with van der Waals surface area (Å²) in [5, 5.41) is 4.58. The van der Waals surface area contributed by atoms with Gasteiger partial charge in [0, 0.05) is 11.1 Å². The third-order valence-electron chi connectivity index (χ3n) is 5.85. The summed E-state index contributed by atoms with van der Waals surface area (Å²) in [5.41, 5.74) is 10.3. The van der Waals surface area contributed by atoms with E-state index in [9.17, 15) is 14.0 Å². The van der Waals surface area contributed by atoms with Crippen molar-refractivity contribution in [2.75, 3.05) is 17.2 Å². The normalized spacial score (nSPS) is 15.5. The van der Waals surface area contributed by atoms with E-state index in [0.29, 0.717) is 17.1 Å². The van der Waals surface area contributed by atoms with Crippen molar-refractivity contribution in [3.8, 4) is 16.9 Å². The Hall–Kier alpha value is -3.91. The number of aromatic nitrogens is 2. The van der Waals surface area contributed by atoms with Gasteiger partial charge in [-0.05, 0) is 42.3 Å². The highest BCUT2D eigenvalue weighted by molar-refractivity contribution is 8.00. The number of anilines is 1. The molecule has 2 heterocycles. The van der Waals surface area contributed by atoms with Crippen LogP contribution in [-0.4, -0.2) is 33.9 Å². The van der Waals surface area contributed by atoms with Crippen molar-refractivity contribution >= 4 is 29.4 Å². The second kappa shape index (κ2) is 9.38. The summed E-state index contributed by atoms with van der Waals surface area (Å²) in [6, 6.07) is 23.8. The minimum absolute atomic E-state index is 0.102. The van der Waals surface area contributed by atoms with Crippen LogP contribution in [0.4, 0.5) is 10.2 Å². The number of primary amides is 1. The third kappa shape index (κ3) is 4.44. The number of fused-ring (bicyclic) bond motifs is 1. The molecule has 6 nitrogen and oxygen atoms in total. The molecule has 0 fully saturated rings. The molecular weight excluding hydrogens is 463 g/mol. The highest BCUT2D eigenvalue weighted by Gasteiger charge is 2.37. The summed E-state index contributed by atoms with van der Waals surface area (Å²) in [7, 11) is 0. The SMILES string of the molecule is Cc1cccc(-n2nc(-c3ccccc3)c3c2N(CC(N)=O)C(=O)CSC3c2cccc(F)c2)c1. The molecule has 1 atom stereocenters. The summed E-state index contributed by atoms with van der Waals surface area (Å²) >= 11 is 1.38. The number of aryl methyl sites for hydroxylation is 1. The Bertz CT molecular complexity index is 1420. The number of thioether (sulfide) groups is 1. The smallest absolute Gasteiger partial charge is 0.238 e. The summed E-state index contributed by atoms with van der Waals surface area (Å²) < 4.78 is 16.0. The molecule has 0 spiro atoms. The van der Waals surface area contributed by atoms with Gasteiger partial charge in [0.05, 0.1) is 22.4 Å². The number of halogens is 1. The molecule has 0 saturated carbocycles. The van der Waals surface area contributed by atoms with Gasteiger partial charge >= 0.3 is 0 Å². The highest BCUT2D eigenvalue weighted by atomic mass is 32.2. The van der Waals surface area contributed by atoms with E-state index >= 15 is 0 Å². The lowest BCUT2D eigenvalue weighted by atomic mass is 9.99. The summed E-state index contributed by atoms with van der Waals surface area (Å²) in [5.74, 6) is -0.677. The minimum atomic E-state index is -0.628. The molecule has 1 aliphatic rings. The number of benzene rings is 3. The van der Waals surface area contributed by atoms with Gasteiger partial charge in [0.15, 0.2) is 0 Å². The van der Waals surface area contributed by atoms with Crippen LogP contribution in [-0.2, 0) is 9.59 Å². The average Bonchev–Trinajstić information content (AvgIpc) is 3.17. The Kier molecular flexibility index (Phi) is 6.13. The van der Waals surface area contributed by atoms with Gasteiger partial charge < -0.3 is 5.73 Å². The molecule has 2 amide bonds. The average molecular weight is 487 g/mol. The van der Waals surface area contributed by atoms with Gasteiger partial charge in [-0.2, -0.15) is 5.10 Å². The molecule has 176 valence electrons. The van der Waals surface area contributed by atoms with E-state index < -0.39 is 11.2 Å². The molecule has 1 aromatic heterocycles. The molecule has 2 N–H and O–H groups in total. The molecule has 1 aliphatic heterocycles. The van der Waals surface area contributed by atoms with Crippen molar-refractivity contribution in [3.05, 3.63) is 101 Å². The Morgan fingerprint density at radius 2 is 1.86 bits per heavy atom. The van der Waals surface area contributed by atoms with Crippen molar-refractivity contribution in [1.82, 2.24) is 9.78 Å². The maximum atomic E-state index is 14.3. The molecular formula is C27H23FN4O2S. The van der Waals surface area contributed by atoms with Crippen LogP contribution in [0.5, 0.6) is 0 Å². The van der Waals surface area contributed by atoms with E-state index in [1.807, 2.05) is 67.6 Å². The molecule has 0 aliphatic carbocycles. The maximum Gasteiger partial charge on any atom is 0.238 e. The lowest BCUT2D eigenvalue weighted by molar-refractivity contribution is -0.121. The van der Waals surface area contributed by atoms with Gasteiger partial charge in [-0.3, -0.25) is 14.5 Å². The fourth-order valence-electron chi connectivity index (χ4n) is 4.36. The van der Waals surface area contributed by atoms with Crippen LogP contribution in [0.3, 0.4) is 0 Å². The van der Waals surface area contributed by atoms with Crippen molar-refractivity contribution in [1.29, 1.82) is 0 Å². The fraction of sp³-hybridized carbons (Fsp3) is 0.148. The molecule has 1 unspecified atom stereocenters. The van der Waals surface area contributed by atoms with Crippen LogP contribution >= 0.6 is 11.8 Å². The van der Waals surface area contributed by atoms with E-state index in [1.54, 1.807) is 10.7 Å². The number of rotatable bonds is 5.